The molecule has 98 valence electrons. The topological polar surface area (TPSA) is 12.0 Å². The number of hydrogen-bond acceptors (Lipinski definition) is 2. The van der Waals surface area contributed by atoms with E-state index in [0.29, 0.717) is 5.41 Å². The van der Waals surface area contributed by atoms with Crippen molar-refractivity contribution in [3.05, 3.63) is 20.8 Å². The third-order valence-electron chi connectivity index (χ3n) is 3.60. The first-order valence-corrected chi connectivity index (χ1v) is 8.21. The zero-order chi connectivity index (χ0) is 12.7. The maximum Gasteiger partial charge on any atom is 0.0701 e. The summed E-state index contributed by atoms with van der Waals surface area (Å²) in [7, 11) is 0. The van der Waals surface area contributed by atoms with Gasteiger partial charge in [0.1, 0.15) is 0 Å². The molecule has 0 unspecified atom stereocenters. The lowest BCUT2D eigenvalue weighted by molar-refractivity contribution is 0.248. The Morgan fingerprint density at radius 3 is 2.41 bits per heavy atom. The predicted octanol–water partition coefficient (Wildman–Crippen LogP) is 4.86. The summed E-state index contributed by atoms with van der Waals surface area (Å²) in [6.45, 7) is 9.14. The fraction of sp³-hybridized carbons (Fsp3) is 0.714. The van der Waals surface area contributed by atoms with Gasteiger partial charge in [-0.15, -0.1) is 11.3 Å². The van der Waals surface area contributed by atoms with Crippen molar-refractivity contribution in [2.75, 3.05) is 13.1 Å². The fourth-order valence-electron chi connectivity index (χ4n) is 2.16. The third-order valence-corrected chi connectivity index (χ3v) is 5.23. The van der Waals surface area contributed by atoms with Crippen LogP contribution in [0.3, 0.4) is 0 Å². The van der Waals surface area contributed by atoms with Crippen molar-refractivity contribution in [3.63, 3.8) is 0 Å². The molecule has 1 aromatic heterocycles. The average Bonchev–Trinajstić information content (AvgIpc) is 2.73. The first-order valence-electron chi connectivity index (χ1n) is 6.60. The Bertz CT molecular complexity index is 318. The number of rotatable bonds is 8. The lowest BCUT2D eigenvalue weighted by atomic mass is 9.78. The van der Waals surface area contributed by atoms with Gasteiger partial charge in [0.25, 0.3) is 0 Å². The Kier molecular flexibility index (Phi) is 6.75. The highest BCUT2D eigenvalue weighted by Crippen LogP contribution is 2.34. The Morgan fingerprint density at radius 1 is 1.24 bits per heavy atom. The Labute approximate surface area is 118 Å². The van der Waals surface area contributed by atoms with Gasteiger partial charge in [0.05, 0.1) is 3.79 Å². The van der Waals surface area contributed by atoms with Gasteiger partial charge < -0.3 is 5.32 Å². The summed E-state index contributed by atoms with van der Waals surface area (Å²) in [6, 6.07) is 4.42. The van der Waals surface area contributed by atoms with Gasteiger partial charge in [-0.2, -0.15) is 0 Å². The second-order valence-corrected chi connectivity index (χ2v) is 7.31. The third kappa shape index (κ3) is 4.72. The van der Waals surface area contributed by atoms with E-state index < -0.39 is 0 Å². The van der Waals surface area contributed by atoms with Crippen molar-refractivity contribution in [2.24, 2.45) is 5.41 Å². The van der Waals surface area contributed by atoms with Crippen LogP contribution in [0.2, 0.25) is 0 Å². The van der Waals surface area contributed by atoms with E-state index in [2.05, 4.69) is 54.2 Å². The van der Waals surface area contributed by atoms with Crippen LogP contribution in [0.25, 0.3) is 0 Å². The molecular weight excluding hydrogens is 294 g/mol. The summed E-state index contributed by atoms with van der Waals surface area (Å²) in [5, 5.41) is 3.60. The van der Waals surface area contributed by atoms with E-state index in [0.717, 1.165) is 13.1 Å². The van der Waals surface area contributed by atoms with Gasteiger partial charge in [0.2, 0.25) is 0 Å². The summed E-state index contributed by atoms with van der Waals surface area (Å²) in [5.41, 5.74) is 0.430. The molecule has 0 atom stereocenters. The Balaban J connectivity index is 2.63. The van der Waals surface area contributed by atoms with E-state index in [1.54, 1.807) is 0 Å². The molecule has 1 N–H and O–H groups in total. The van der Waals surface area contributed by atoms with Gasteiger partial charge in [0.15, 0.2) is 0 Å². The Hall–Kier alpha value is 0.140. The molecule has 0 saturated heterocycles. The summed E-state index contributed by atoms with van der Waals surface area (Å²) in [5.74, 6) is 0. The summed E-state index contributed by atoms with van der Waals surface area (Å²) in [6.07, 6.45) is 4.91. The molecule has 0 amide bonds. The molecule has 1 aromatic rings. The van der Waals surface area contributed by atoms with Gasteiger partial charge >= 0.3 is 0 Å². The highest BCUT2D eigenvalue weighted by Gasteiger charge is 2.26. The number of hydrogen-bond donors (Lipinski definition) is 1. The minimum Gasteiger partial charge on any atom is -0.316 e. The van der Waals surface area contributed by atoms with E-state index >= 15 is 0 Å². The molecule has 0 radical (unpaired) electrons. The molecule has 0 aliphatic heterocycles. The maximum atomic E-state index is 3.60. The molecular formula is C14H24BrNS. The van der Waals surface area contributed by atoms with Crippen molar-refractivity contribution < 1.29 is 0 Å². The van der Waals surface area contributed by atoms with E-state index in [1.165, 1.54) is 34.3 Å². The smallest absolute Gasteiger partial charge is 0.0701 e. The summed E-state index contributed by atoms with van der Waals surface area (Å²) >= 11 is 5.42. The van der Waals surface area contributed by atoms with Crippen LogP contribution in [0.1, 0.15) is 44.9 Å². The minimum atomic E-state index is 0.430. The molecule has 1 rings (SSSR count). The van der Waals surface area contributed by atoms with E-state index in [9.17, 15) is 0 Å². The van der Waals surface area contributed by atoms with Crippen LogP contribution in [0.4, 0.5) is 0 Å². The first-order chi connectivity index (χ1) is 8.15. The normalized spacial score (nSPS) is 12.0. The van der Waals surface area contributed by atoms with Crippen molar-refractivity contribution in [2.45, 2.75) is 46.5 Å². The number of thiophene rings is 1. The molecule has 0 saturated carbocycles. The molecule has 17 heavy (non-hydrogen) atoms. The van der Waals surface area contributed by atoms with Gasteiger partial charge in [-0.25, -0.2) is 0 Å². The molecule has 0 fully saturated rings. The monoisotopic (exact) mass is 317 g/mol. The van der Waals surface area contributed by atoms with Crippen LogP contribution in [-0.4, -0.2) is 13.1 Å². The van der Waals surface area contributed by atoms with Crippen molar-refractivity contribution >= 4 is 27.3 Å². The molecule has 0 spiro atoms. The van der Waals surface area contributed by atoms with Crippen molar-refractivity contribution in [1.29, 1.82) is 0 Å². The zero-order valence-electron chi connectivity index (χ0n) is 11.2. The van der Waals surface area contributed by atoms with Gasteiger partial charge in [-0.05, 0) is 65.7 Å². The van der Waals surface area contributed by atoms with Crippen LogP contribution in [0.5, 0.6) is 0 Å². The van der Waals surface area contributed by atoms with Crippen LogP contribution in [0.15, 0.2) is 15.9 Å². The summed E-state index contributed by atoms with van der Waals surface area (Å²) < 4.78 is 1.25. The SMILES string of the molecule is CCCNCC(CC)(CC)Cc1ccc(Br)s1. The molecule has 0 aliphatic carbocycles. The van der Waals surface area contributed by atoms with Crippen molar-refractivity contribution in [3.8, 4) is 0 Å². The first kappa shape index (κ1) is 15.2. The largest absolute Gasteiger partial charge is 0.316 e. The number of halogens is 1. The summed E-state index contributed by atoms with van der Waals surface area (Å²) in [4.78, 5) is 1.50. The highest BCUT2D eigenvalue weighted by atomic mass is 79.9. The molecule has 0 bridgehead atoms. The molecule has 1 nitrogen and oxygen atoms in total. The van der Waals surface area contributed by atoms with Gasteiger partial charge in [-0.1, -0.05) is 20.8 Å². The van der Waals surface area contributed by atoms with E-state index in [4.69, 9.17) is 0 Å². The lowest BCUT2D eigenvalue weighted by Crippen LogP contribution is -2.35. The van der Waals surface area contributed by atoms with Crippen LogP contribution >= 0.6 is 27.3 Å². The van der Waals surface area contributed by atoms with Gasteiger partial charge in [-0.3, -0.25) is 0 Å². The fourth-order valence-corrected chi connectivity index (χ4v) is 3.82. The molecule has 0 aliphatic rings. The Morgan fingerprint density at radius 2 is 1.94 bits per heavy atom. The standard InChI is InChI=1S/C14H24BrNS/c1-4-9-16-11-14(5-2,6-3)10-12-7-8-13(15)17-12/h7-8,16H,4-6,9-11H2,1-3H3. The van der Waals surface area contributed by atoms with Crippen LogP contribution in [0, 0.1) is 5.41 Å². The maximum absolute atomic E-state index is 3.60. The van der Waals surface area contributed by atoms with Gasteiger partial charge in [0, 0.05) is 11.4 Å². The second kappa shape index (κ2) is 7.55. The second-order valence-electron chi connectivity index (χ2n) is 4.77. The lowest BCUT2D eigenvalue weighted by Gasteiger charge is -2.31. The van der Waals surface area contributed by atoms with Crippen LogP contribution in [-0.2, 0) is 6.42 Å². The molecule has 1 heterocycles. The van der Waals surface area contributed by atoms with Crippen LogP contribution < -0.4 is 5.32 Å². The highest BCUT2D eigenvalue weighted by molar-refractivity contribution is 9.11. The molecule has 0 aromatic carbocycles. The zero-order valence-corrected chi connectivity index (χ0v) is 13.6. The predicted molar refractivity (Wildman–Crippen MR) is 81.9 cm³/mol. The molecule has 3 heteroatoms. The minimum absolute atomic E-state index is 0.430. The average molecular weight is 318 g/mol. The quantitative estimate of drug-likeness (QED) is 0.675. The van der Waals surface area contributed by atoms with Crippen molar-refractivity contribution in [1.82, 2.24) is 5.32 Å². The van der Waals surface area contributed by atoms with E-state index in [-0.39, 0.29) is 0 Å². The van der Waals surface area contributed by atoms with E-state index in [1.807, 2.05) is 11.3 Å². The number of nitrogens with one attached hydrogen (secondary N) is 1.